The predicted octanol–water partition coefficient (Wildman–Crippen LogP) is 2.50. The van der Waals surface area contributed by atoms with Crippen molar-refractivity contribution in [2.45, 2.75) is 19.4 Å². The molecule has 0 atom stereocenters. The molecule has 1 aliphatic rings. The predicted molar refractivity (Wildman–Crippen MR) is 78.7 cm³/mol. The molecule has 0 unspecified atom stereocenters. The molecule has 4 nitrogen and oxygen atoms in total. The summed E-state index contributed by atoms with van der Waals surface area (Å²) in [4.78, 5) is 4.43. The van der Waals surface area contributed by atoms with E-state index >= 15 is 0 Å². The van der Waals surface area contributed by atoms with E-state index in [0.29, 0.717) is 12.5 Å². The quantitative estimate of drug-likeness (QED) is 0.929. The van der Waals surface area contributed by atoms with Gasteiger partial charge >= 0.3 is 0 Å². The first-order valence-corrected chi connectivity index (χ1v) is 7.15. The maximum atomic E-state index is 6.11. The number of aromatic nitrogens is 1. The van der Waals surface area contributed by atoms with Crippen molar-refractivity contribution < 1.29 is 9.47 Å². The number of hydrogen-bond acceptors (Lipinski definition) is 4. The third-order valence-electron chi connectivity index (χ3n) is 3.82. The average Bonchev–Trinajstić information content (AvgIpc) is 2.53. The number of nitrogens with two attached hydrogens (primary N) is 1. The number of hydrogen-bond donors (Lipinski definition) is 1. The van der Waals surface area contributed by atoms with Crippen LogP contribution in [0.4, 0.5) is 0 Å². The minimum atomic E-state index is 0.445. The molecule has 1 aromatic heterocycles. The summed E-state index contributed by atoms with van der Waals surface area (Å²) < 4.78 is 11.5. The van der Waals surface area contributed by atoms with E-state index in [1.165, 1.54) is 0 Å². The fourth-order valence-corrected chi connectivity index (χ4v) is 2.59. The summed E-state index contributed by atoms with van der Waals surface area (Å²) >= 11 is 0. The van der Waals surface area contributed by atoms with Crippen molar-refractivity contribution in [3.8, 4) is 5.75 Å². The number of ether oxygens (including phenoxy) is 2. The van der Waals surface area contributed by atoms with E-state index < -0.39 is 0 Å². The Kier molecular flexibility index (Phi) is 4.14. The maximum Gasteiger partial charge on any atom is 0.134 e. The number of fused-ring (bicyclic) bond motifs is 1. The van der Waals surface area contributed by atoms with Crippen LogP contribution in [0.1, 0.15) is 18.4 Å². The topological polar surface area (TPSA) is 57.4 Å². The molecule has 2 aromatic rings. The lowest BCUT2D eigenvalue weighted by molar-refractivity contribution is 0.0498. The molecular formula is C16H20N2O2. The molecule has 0 spiro atoms. The van der Waals surface area contributed by atoms with E-state index in [4.69, 9.17) is 15.2 Å². The lowest BCUT2D eigenvalue weighted by Gasteiger charge is -2.23. The third kappa shape index (κ3) is 2.76. The summed E-state index contributed by atoms with van der Waals surface area (Å²) in [6.45, 7) is 2.86. The van der Waals surface area contributed by atoms with Crippen LogP contribution in [0, 0.1) is 5.92 Å². The van der Waals surface area contributed by atoms with Crippen molar-refractivity contribution in [1.82, 2.24) is 4.98 Å². The minimum Gasteiger partial charge on any atom is -0.492 e. The number of para-hydroxylation sites is 1. The highest BCUT2D eigenvalue weighted by Gasteiger charge is 2.16. The van der Waals surface area contributed by atoms with Gasteiger partial charge in [-0.05, 0) is 30.9 Å². The lowest BCUT2D eigenvalue weighted by atomic mass is 10.0. The van der Waals surface area contributed by atoms with Crippen LogP contribution >= 0.6 is 0 Å². The molecule has 1 fully saturated rings. The number of benzene rings is 1. The highest BCUT2D eigenvalue weighted by atomic mass is 16.5. The molecule has 0 saturated carbocycles. The van der Waals surface area contributed by atoms with Crippen LogP contribution in [0.15, 0.2) is 30.5 Å². The van der Waals surface area contributed by atoms with E-state index in [0.717, 1.165) is 54.9 Å². The van der Waals surface area contributed by atoms with Gasteiger partial charge in [0.1, 0.15) is 5.75 Å². The minimum absolute atomic E-state index is 0.445. The summed E-state index contributed by atoms with van der Waals surface area (Å²) in [5.41, 5.74) is 7.73. The Morgan fingerprint density at radius 1 is 1.25 bits per heavy atom. The fourth-order valence-electron chi connectivity index (χ4n) is 2.59. The van der Waals surface area contributed by atoms with Gasteiger partial charge in [0, 0.05) is 36.9 Å². The van der Waals surface area contributed by atoms with Gasteiger partial charge in [0.25, 0.3) is 0 Å². The number of rotatable bonds is 4. The summed E-state index contributed by atoms with van der Waals surface area (Å²) in [5.74, 6) is 1.46. The zero-order chi connectivity index (χ0) is 13.8. The molecule has 0 amide bonds. The molecule has 20 heavy (non-hydrogen) atoms. The Hall–Kier alpha value is -1.65. The summed E-state index contributed by atoms with van der Waals surface area (Å²) in [7, 11) is 0. The Morgan fingerprint density at radius 3 is 2.85 bits per heavy atom. The molecule has 4 heteroatoms. The van der Waals surface area contributed by atoms with Crippen molar-refractivity contribution >= 4 is 10.9 Å². The molecule has 2 N–H and O–H groups in total. The first-order valence-electron chi connectivity index (χ1n) is 7.15. The zero-order valence-corrected chi connectivity index (χ0v) is 11.5. The maximum absolute atomic E-state index is 6.11. The molecule has 0 radical (unpaired) electrons. The molecule has 1 aliphatic heterocycles. The van der Waals surface area contributed by atoms with Crippen molar-refractivity contribution in [1.29, 1.82) is 0 Å². The SMILES string of the molecule is NCc1cnc2ccccc2c1OCC1CCOCC1. The van der Waals surface area contributed by atoms with Gasteiger partial charge < -0.3 is 15.2 Å². The third-order valence-corrected chi connectivity index (χ3v) is 3.82. The van der Waals surface area contributed by atoms with Crippen molar-refractivity contribution in [3.63, 3.8) is 0 Å². The van der Waals surface area contributed by atoms with Crippen LogP contribution in [0.3, 0.4) is 0 Å². The van der Waals surface area contributed by atoms with E-state index in [1.807, 2.05) is 30.5 Å². The number of pyridine rings is 1. The smallest absolute Gasteiger partial charge is 0.134 e. The van der Waals surface area contributed by atoms with Gasteiger partial charge in [-0.2, -0.15) is 0 Å². The Labute approximate surface area is 118 Å². The molecular weight excluding hydrogens is 252 g/mol. The molecule has 0 aliphatic carbocycles. The second-order valence-corrected chi connectivity index (χ2v) is 5.20. The first kappa shape index (κ1) is 13.3. The Morgan fingerprint density at radius 2 is 2.05 bits per heavy atom. The molecule has 3 rings (SSSR count). The van der Waals surface area contributed by atoms with E-state index in [9.17, 15) is 0 Å². The van der Waals surface area contributed by atoms with Crippen LogP contribution in [0.2, 0.25) is 0 Å². The first-order chi connectivity index (χ1) is 9.88. The van der Waals surface area contributed by atoms with Crippen molar-refractivity contribution in [2.75, 3.05) is 19.8 Å². The van der Waals surface area contributed by atoms with Gasteiger partial charge in [-0.25, -0.2) is 0 Å². The lowest BCUT2D eigenvalue weighted by Crippen LogP contribution is -2.22. The second-order valence-electron chi connectivity index (χ2n) is 5.20. The van der Waals surface area contributed by atoms with Crippen LogP contribution < -0.4 is 10.5 Å². The largest absolute Gasteiger partial charge is 0.492 e. The highest BCUT2D eigenvalue weighted by molar-refractivity contribution is 5.86. The summed E-state index contributed by atoms with van der Waals surface area (Å²) in [6.07, 6.45) is 3.96. The summed E-state index contributed by atoms with van der Waals surface area (Å²) in [6, 6.07) is 8.03. The average molecular weight is 272 g/mol. The molecule has 0 bridgehead atoms. The molecule has 1 aromatic carbocycles. The monoisotopic (exact) mass is 272 g/mol. The second kappa shape index (κ2) is 6.20. The fraction of sp³-hybridized carbons (Fsp3) is 0.438. The van der Waals surface area contributed by atoms with Crippen LogP contribution in [0.5, 0.6) is 5.75 Å². The normalized spacial score (nSPS) is 16.4. The number of nitrogens with zero attached hydrogens (tertiary/aromatic N) is 1. The zero-order valence-electron chi connectivity index (χ0n) is 11.5. The van der Waals surface area contributed by atoms with Crippen LogP contribution in [-0.4, -0.2) is 24.8 Å². The highest BCUT2D eigenvalue weighted by Crippen LogP contribution is 2.29. The molecule has 2 heterocycles. The molecule has 1 saturated heterocycles. The van der Waals surface area contributed by atoms with Gasteiger partial charge in [0.2, 0.25) is 0 Å². The summed E-state index contributed by atoms with van der Waals surface area (Å²) in [5, 5.41) is 1.04. The van der Waals surface area contributed by atoms with Gasteiger partial charge in [-0.1, -0.05) is 12.1 Å². The van der Waals surface area contributed by atoms with Gasteiger partial charge in [0.05, 0.1) is 12.1 Å². The van der Waals surface area contributed by atoms with Crippen LogP contribution in [-0.2, 0) is 11.3 Å². The Bertz CT molecular complexity index is 580. The standard InChI is InChI=1S/C16H20N2O2/c17-9-13-10-18-15-4-2-1-3-14(15)16(13)20-11-12-5-7-19-8-6-12/h1-4,10,12H,5-9,11,17H2. The van der Waals surface area contributed by atoms with E-state index in [-0.39, 0.29) is 0 Å². The van der Waals surface area contributed by atoms with Crippen LogP contribution in [0.25, 0.3) is 10.9 Å². The van der Waals surface area contributed by atoms with Gasteiger partial charge in [-0.3, -0.25) is 4.98 Å². The Balaban J connectivity index is 1.84. The molecule has 106 valence electrons. The van der Waals surface area contributed by atoms with Gasteiger partial charge in [0.15, 0.2) is 0 Å². The van der Waals surface area contributed by atoms with Crippen molar-refractivity contribution in [2.24, 2.45) is 11.7 Å². The van der Waals surface area contributed by atoms with E-state index in [1.54, 1.807) is 0 Å². The van der Waals surface area contributed by atoms with Crippen molar-refractivity contribution in [3.05, 3.63) is 36.0 Å². The van der Waals surface area contributed by atoms with E-state index in [2.05, 4.69) is 4.98 Å². The van der Waals surface area contributed by atoms with Gasteiger partial charge in [-0.15, -0.1) is 0 Å².